The minimum atomic E-state index is -0.134. The van der Waals surface area contributed by atoms with E-state index in [0.29, 0.717) is 6.54 Å². The summed E-state index contributed by atoms with van der Waals surface area (Å²) in [6.07, 6.45) is 0.866. The molecule has 0 fully saturated rings. The van der Waals surface area contributed by atoms with Crippen molar-refractivity contribution in [2.24, 2.45) is 0 Å². The zero-order valence-corrected chi connectivity index (χ0v) is 15.9. The number of carbonyl (C=O) groups is 1. The fourth-order valence-electron chi connectivity index (χ4n) is 4.24. The van der Waals surface area contributed by atoms with Crippen LogP contribution in [-0.4, -0.2) is 31.7 Å². The number of benzene rings is 2. The fraction of sp³-hybridized carbons (Fsp3) is 0.381. The summed E-state index contributed by atoms with van der Waals surface area (Å²) < 4.78 is 11.8. The molecule has 1 aliphatic rings. The first-order chi connectivity index (χ1) is 12.4. The van der Waals surface area contributed by atoms with E-state index in [1.165, 1.54) is 0 Å². The first-order valence-electron chi connectivity index (χ1n) is 8.87. The topological polar surface area (TPSA) is 54.6 Å². The lowest BCUT2D eigenvalue weighted by Gasteiger charge is -2.40. The summed E-state index contributed by atoms with van der Waals surface area (Å²) in [6, 6.07) is 8.12. The first-order valence-corrected chi connectivity index (χ1v) is 8.87. The van der Waals surface area contributed by atoms with Crippen LogP contribution in [0.1, 0.15) is 32.8 Å². The molecule has 0 saturated carbocycles. The second-order valence-corrected chi connectivity index (χ2v) is 7.52. The van der Waals surface area contributed by atoms with Gasteiger partial charge < -0.3 is 19.4 Å². The molecule has 2 heterocycles. The van der Waals surface area contributed by atoms with E-state index in [-0.39, 0.29) is 11.3 Å². The molecule has 1 N–H and O–H groups in total. The molecule has 0 saturated heterocycles. The van der Waals surface area contributed by atoms with Crippen molar-refractivity contribution >= 4 is 33.4 Å². The lowest BCUT2D eigenvalue weighted by molar-refractivity contribution is -0.116. The highest BCUT2D eigenvalue weighted by Gasteiger charge is 2.40. The van der Waals surface area contributed by atoms with E-state index in [1.807, 2.05) is 23.1 Å². The molecule has 3 aromatic rings. The number of hydrogen-bond acceptors (Lipinski definition) is 3. The van der Waals surface area contributed by atoms with Crippen LogP contribution in [0.5, 0.6) is 11.5 Å². The number of fused-ring (bicyclic) bond motifs is 4. The number of hydrogen-bond donors (Lipinski definition) is 1. The Kier molecular flexibility index (Phi) is 3.65. The number of carbonyl (C=O) groups excluding carboxylic acids is 1. The molecule has 1 aromatic heterocycles. The van der Waals surface area contributed by atoms with Gasteiger partial charge in [0.05, 0.1) is 30.8 Å². The molecule has 5 heteroatoms. The van der Waals surface area contributed by atoms with Crippen molar-refractivity contribution in [3.8, 4) is 11.5 Å². The van der Waals surface area contributed by atoms with Gasteiger partial charge >= 0.3 is 0 Å². The molecule has 1 aliphatic heterocycles. The molecule has 2 aromatic carbocycles. The van der Waals surface area contributed by atoms with Crippen molar-refractivity contribution < 1.29 is 14.3 Å². The number of para-hydroxylation sites is 1. The summed E-state index contributed by atoms with van der Waals surface area (Å²) in [5, 5.41) is 2.02. The average Bonchev–Trinajstić information content (AvgIpc) is 2.99. The highest BCUT2D eigenvalue weighted by molar-refractivity contribution is 6.17. The van der Waals surface area contributed by atoms with E-state index in [1.54, 1.807) is 21.1 Å². The number of nitrogens with one attached hydrogen (secondary N) is 1. The molecule has 4 rings (SSSR count). The maximum Gasteiger partial charge on any atom is 0.223 e. The average molecular weight is 352 g/mol. The van der Waals surface area contributed by atoms with Gasteiger partial charge in [0.2, 0.25) is 5.91 Å². The minimum Gasteiger partial charge on any atom is -0.494 e. The van der Waals surface area contributed by atoms with Crippen molar-refractivity contribution in [3.63, 3.8) is 0 Å². The van der Waals surface area contributed by atoms with Gasteiger partial charge in [0, 0.05) is 29.9 Å². The minimum absolute atomic E-state index is 0.0151. The summed E-state index contributed by atoms with van der Waals surface area (Å²) in [6.45, 7) is 6.66. The van der Waals surface area contributed by atoms with Gasteiger partial charge in [0.25, 0.3) is 0 Å². The van der Waals surface area contributed by atoms with Crippen molar-refractivity contribution in [2.75, 3.05) is 25.7 Å². The molecule has 136 valence electrons. The Morgan fingerprint density at radius 1 is 1.15 bits per heavy atom. The summed E-state index contributed by atoms with van der Waals surface area (Å²) in [4.78, 5) is 17.7. The maximum atomic E-state index is 12.4. The molecule has 0 unspecified atom stereocenters. The van der Waals surface area contributed by atoms with Gasteiger partial charge in [0.15, 0.2) is 5.75 Å². The predicted molar refractivity (Wildman–Crippen MR) is 105 cm³/mol. The monoisotopic (exact) mass is 352 g/mol. The van der Waals surface area contributed by atoms with Crippen LogP contribution in [0.25, 0.3) is 21.8 Å². The SMILES string of the molecule is COc1c2c(c(OC)c3c1[nH]c1ccccc13)N(C(C)=O)CCC2(C)C. The lowest BCUT2D eigenvalue weighted by Crippen LogP contribution is -2.40. The van der Waals surface area contributed by atoms with Crippen molar-refractivity contribution in [1.82, 2.24) is 4.98 Å². The molecule has 1 amide bonds. The van der Waals surface area contributed by atoms with Crippen molar-refractivity contribution in [2.45, 2.75) is 32.6 Å². The number of anilines is 1. The Morgan fingerprint density at radius 2 is 1.85 bits per heavy atom. The van der Waals surface area contributed by atoms with Crippen LogP contribution in [-0.2, 0) is 10.2 Å². The van der Waals surface area contributed by atoms with Crippen LogP contribution in [0.3, 0.4) is 0 Å². The highest BCUT2D eigenvalue weighted by atomic mass is 16.5. The zero-order chi connectivity index (χ0) is 18.6. The molecule has 0 radical (unpaired) electrons. The van der Waals surface area contributed by atoms with E-state index in [0.717, 1.165) is 51.0 Å². The van der Waals surface area contributed by atoms with Crippen LogP contribution in [0, 0.1) is 0 Å². The third-order valence-corrected chi connectivity index (χ3v) is 5.53. The summed E-state index contributed by atoms with van der Waals surface area (Å²) in [5.41, 5.74) is 3.67. The Balaban J connectivity index is 2.27. The maximum absolute atomic E-state index is 12.4. The quantitative estimate of drug-likeness (QED) is 0.745. The normalized spacial score (nSPS) is 16.0. The third kappa shape index (κ3) is 2.13. The molecule has 0 aliphatic carbocycles. The van der Waals surface area contributed by atoms with E-state index < -0.39 is 0 Å². The van der Waals surface area contributed by atoms with Crippen LogP contribution in [0.15, 0.2) is 24.3 Å². The Bertz CT molecular complexity index is 1030. The highest BCUT2D eigenvalue weighted by Crippen LogP contribution is 2.55. The summed E-state index contributed by atoms with van der Waals surface area (Å²) >= 11 is 0. The van der Waals surface area contributed by atoms with Crippen LogP contribution < -0.4 is 14.4 Å². The first kappa shape index (κ1) is 16.8. The van der Waals surface area contributed by atoms with Gasteiger partial charge in [-0.2, -0.15) is 0 Å². The number of nitrogens with zero attached hydrogens (tertiary/aromatic N) is 1. The van der Waals surface area contributed by atoms with E-state index >= 15 is 0 Å². The molecule has 5 nitrogen and oxygen atoms in total. The van der Waals surface area contributed by atoms with Gasteiger partial charge in [-0.05, 0) is 17.9 Å². The van der Waals surface area contributed by atoms with Crippen LogP contribution in [0.2, 0.25) is 0 Å². The Hall–Kier alpha value is -2.69. The molecule has 26 heavy (non-hydrogen) atoms. The van der Waals surface area contributed by atoms with Gasteiger partial charge in [-0.3, -0.25) is 4.79 Å². The molecular formula is C21H24N2O3. The van der Waals surface area contributed by atoms with Gasteiger partial charge in [-0.1, -0.05) is 32.0 Å². The van der Waals surface area contributed by atoms with Crippen molar-refractivity contribution in [1.29, 1.82) is 0 Å². The van der Waals surface area contributed by atoms with E-state index in [9.17, 15) is 4.79 Å². The molecule has 0 spiro atoms. The van der Waals surface area contributed by atoms with Crippen LogP contribution in [0.4, 0.5) is 5.69 Å². The van der Waals surface area contributed by atoms with Gasteiger partial charge in [-0.25, -0.2) is 0 Å². The largest absolute Gasteiger partial charge is 0.494 e. The zero-order valence-electron chi connectivity index (χ0n) is 15.9. The number of ether oxygens (including phenoxy) is 2. The predicted octanol–water partition coefficient (Wildman–Crippen LogP) is 4.37. The summed E-state index contributed by atoms with van der Waals surface area (Å²) in [7, 11) is 3.36. The fourth-order valence-corrected chi connectivity index (χ4v) is 4.24. The van der Waals surface area contributed by atoms with Gasteiger partial charge in [-0.15, -0.1) is 0 Å². The van der Waals surface area contributed by atoms with Crippen LogP contribution >= 0.6 is 0 Å². The Labute approximate surface area is 152 Å². The third-order valence-electron chi connectivity index (χ3n) is 5.53. The number of methoxy groups -OCH3 is 2. The molecule has 0 atom stereocenters. The molecule has 0 bridgehead atoms. The van der Waals surface area contributed by atoms with Crippen molar-refractivity contribution in [3.05, 3.63) is 29.8 Å². The van der Waals surface area contributed by atoms with E-state index in [4.69, 9.17) is 9.47 Å². The number of amides is 1. The number of H-pyrrole nitrogens is 1. The van der Waals surface area contributed by atoms with E-state index in [2.05, 4.69) is 24.9 Å². The number of aromatic amines is 1. The lowest BCUT2D eigenvalue weighted by atomic mass is 9.76. The second kappa shape index (κ2) is 5.66. The Morgan fingerprint density at radius 3 is 2.50 bits per heavy atom. The summed E-state index contributed by atoms with van der Waals surface area (Å²) in [5.74, 6) is 1.54. The number of rotatable bonds is 2. The second-order valence-electron chi connectivity index (χ2n) is 7.52. The molecular weight excluding hydrogens is 328 g/mol. The van der Waals surface area contributed by atoms with Gasteiger partial charge in [0.1, 0.15) is 5.75 Å². The standard InChI is InChI=1S/C21H24N2O3/c1-12(24)23-11-10-21(2,3)16-18(23)19(25-4)15-13-8-6-7-9-14(13)22-17(15)20(16)26-5/h6-9,22H,10-11H2,1-5H3. The smallest absolute Gasteiger partial charge is 0.223 e. The number of aromatic nitrogens is 1.